The fraction of sp³-hybridized carbons (Fsp3) is 0.217. The second-order valence-corrected chi connectivity index (χ2v) is 10.5. The van der Waals surface area contributed by atoms with E-state index in [-0.39, 0.29) is 41.8 Å². The molecule has 0 aliphatic rings. The lowest BCUT2D eigenvalue weighted by molar-refractivity contribution is 0.323. The molecule has 2 N–H and O–H groups in total. The molecule has 0 aliphatic heterocycles. The summed E-state index contributed by atoms with van der Waals surface area (Å²) in [6.07, 6.45) is 0. The molecule has 0 aliphatic carbocycles. The first kappa shape index (κ1) is 27.0. The van der Waals surface area contributed by atoms with Gasteiger partial charge in [0.1, 0.15) is 10.6 Å². The quantitative estimate of drug-likeness (QED) is 0.369. The minimum atomic E-state index is -4.49. The third-order valence-electron chi connectivity index (χ3n) is 4.73. The molecule has 0 radical (unpaired) electrons. The molecule has 9 nitrogen and oxygen atoms in total. The van der Waals surface area contributed by atoms with Gasteiger partial charge in [-0.2, -0.15) is 0 Å². The molecule has 3 rings (SSSR count). The lowest BCUT2D eigenvalue weighted by Gasteiger charge is -2.17. The van der Waals surface area contributed by atoms with Crippen molar-refractivity contribution in [2.75, 3.05) is 29.8 Å². The molecule has 194 valence electrons. The van der Waals surface area contributed by atoms with E-state index < -0.39 is 41.5 Å². The molecule has 13 heteroatoms. The van der Waals surface area contributed by atoms with Gasteiger partial charge in [0.2, 0.25) is 0 Å². The summed E-state index contributed by atoms with van der Waals surface area (Å²) in [7, 11) is -7.69. The Hall–Kier alpha value is -3.58. The Morgan fingerprint density at radius 3 is 1.72 bits per heavy atom. The molecule has 0 fully saturated rings. The van der Waals surface area contributed by atoms with Gasteiger partial charge in [-0.05, 0) is 56.3 Å². The van der Waals surface area contributed by atoms with E-state index in [0.717, 1.165) is 30.3 Å². The average molecular weight is 543 g/mol. The van der Waals surface area contributed by atoms with Crippen molar-refractivity contribution < 1.29 is 39.8 Å². The van der Waals surface area contributed by atoms with E-state index >= 15 is 0 Å². The molecular formula is C23H24F2N2O7S2. The standard InChI is InChI=1S/C23H24F2N2O7S2/c1-4-33-22-16(24)8-6-10-18(22)26-35(28,29)15-12-13-20(32-3)21(14-15)36(30,31)27-19-11-7-9-17(25)23(19)34-5-2/h6-14,26-27H,4-5H2,1-3H3. The van der Waals surface area contributed by atoms with Crippen LogP contribution in [0.1, 0.15) is 13.8 Å². The summed E-state index contributed by atoms with van der Waals surface area (Å²) in [6, 6.07) is 10.5. The molecule has 3 aromatic rings. The molecule has 0 atom stereocenters. The largest absolute Gasteiger partial charge is 0.495 e. The maximum atomic E-state index is 14.2. The van der Waals surface area contributed by atoms with Gasteiger partial charge in [-0.1, -0.05) is 12.1 Å². The van der Waals surface area contributed by atoms with Crippen LogP contribution in [0.25, 0.3) is 0 Å². The topological polar surface area (TPSA) is 120 Å². The Labute approximate surface area is 208 Å². The Morgan fingerprint density at radius 2 is 1.25 bits per heavy atom. The molecule has 3 aromatic carbocycles. The molecule has 0 aromatic heterocycles. The van der Waals surface area contributed by atoms with Crippen LogP contribution in [-0.2, 0) is 20.0 Å². The van der Waals surface area contributed by atoms with Gasteiger partial charge in [0, 0.05) is 0 Å². The first-order chi connectivity index (χ1) is 17.0. The number of ether oxygens (including phenoxy) is 3. The van der Waals surface area contributed by atoms with Gasteiger partial charge in [0.05, 0.1) is 36.6 Å². The van der Waals surface area contributed by atoms with Crippen LogP contribution in [0, 0.1) is 11.6 Å². The number of hydrogen-bond donors (Lipinski definition) is 2. The van der Waals surface area contributed by atoms with Gasteiger partial charge < -0.3 is 14.2 Å². The minimum absolute atomic E-state index is 0.0716. The van der Waals surface area contributed by atoms with Crippen molar-refractivity contribution in [1.82, 2.24) is 0 Å². The van der Waals surface area contributed by atoms with Gasteiger partial charge in [-0.15, -0.1) is 0 Å². The molecule has 36 heavy (non-hydrogen) atoms. The fourth-order valence-corrected chi connectivity index (χ4v) is 5.62. The van der Waals surface area contributed by atoms with E-state index in [0.29, 0.717) is 0 Å². The molecule has 0 saturated heterocycles. The van der Waals surface area contributed by atoms with Crippen molar-refractivity contribution in [3.05, 3.63) is 66.2 Å². The summed E-state index contributed by atoms with van der Waals surface area (Å²) < 4.78 is 101. The van der Waals surface area contributed by atoms with Gasteiger partial charge in [-0.25, -0.2) is 25.6 Å². The zero-order valence-corrected chi connectivity index (χ0v) is 21.2. The van der Waals surface area contributed by atoms with Gasteiger partial charge in [0.15, 0.2) is 23.1 Å². The summed E-state index contributed by atoms with van der Waals surface area (Å²) in [5.74, 6) is -2.36. The predicted molar refractivity (Wildman–Crippen MR) is 130 cm³/mol. The number of anilines is 2. The van der Waals surface area contributed by atoms with Crippen LogP contribution in [0.15, 0.2) is 64.4 Å². The van der Waals surface area contributed by atoms with Crippen LogP contribution in [-0.4, -0.2) is 37.2 Å². The normalized spacial score (nSPS) is 11.6. The number of nitrogens with one attached hydrogen (secondary N) is 2. The van der Waals surface area contributed by atoms with Crippen molar-refractivity contribution in [2.24, 2.45) is 0 Å². The number of hydrogen-bond acceptors (Lipinski definition) is 7. The summed E-state index contributed by atoms with van der Waals surface area (Å²) in [5, 5.41) is 0. The van der Waals surface area contributed by atoms with E-state index in [2.05, 4.69) is 9.44 Å². The highest BCUT2D eigenvalue weighted by Gasteiger charge is 2.26. The lowest BCUT2D eigenvalue weighted by atomic mass is 10.3. The number of rotatable bonds is 11. The van der Waals surface area contributed by atoms with E-state index in [9.17, 15) is 25.6 Å². The summed E-state index contributed by atoms with van der Waals surface area (Å²) >= 11 is 0. The number of sulfonamides is 2. The third kappa shape index (κ3) is 5.79. The zero-order valence-electron chi connectivity index (χ0n) is 19.5. The lowest BCUT2D eigenvalue weighted by Crippen LogP contribution is -2.18. The number of methoxy groups -OCH3 is 1. The van der Waals surface area contributed by atoms with E-state index in [4.69, 9.17) is 14.2 Å². The second-order valence-electron chi connectivity index (χ2n) is 7.12. The van der Waals surface area contributed by atoms with Crippen LogP contribution in [0.5, 0.6) is 17.2 Å². The van der Waals surface area contributed by atoms with Crippen molar-refractivity contribution in [3.8, 4) is 17.2 Å². The summed E-state index contributed by atoms with van der Waals surface area (Å²) in [4.78, 5) is -0.997. The van der Waals surface area contributed by atoms with Crippen molar-refractivity contribution in [1.29, 1.82) is 0 Å². The highest BCUT2D eigenvalue weighted by molar-refractivity contribution is 7.93. The molecule has 0 heterocycles. The van der Waals surface area contributed by atoms with E-state index in [1.54, 1.807) is 13.8 Å². The van der Waals surface area contributed by atoms with Crippen LogP contribution < -0.4 is 23.7 Å². The van der Waals surface area contributed by atoms with Crippen LogP contribution in [0.3, 0.4) is 0 Å². The van der Waals surface area contributed by atoms with Crippen LogP contribution in [0.2, 0.25) is 0 Å². The Balaban J connectivity index is 2.04. The number of benzene rings is 3. The minimum Gasteiger partial charge on any atom is -0.495 e. The summed E-state index contributed by atoms with van der Waals surface area (Å²) in [6.45, 7) is 3.36. The van der Waals surface area contributed by atoms with Crippen molar-refractivity contribution in [3.63, 3.8) is 0 Å². The molecule has 0 bridgehead atoms. The maximum absolute atomic E-state index is 14.2. The third-order valence-corrected chi connectivity index (χ3v) is 7.48. The average Bonchev–Trinajstić information content (AvgIpc) is 2.83. The Bertz CT molecular complexity index is 1460. The van der Waals surface area contributed by atoms with Crippen molar-refractivity contribution in [2.45, 2.75) is 23.6 Å². The molecule has 0 amide bonds. The monoisotopic (exact) mass is 542 g/mol. The van der Waals surface area contributed by atoms with Crippen LogP contribution >= 0.6 is 0 Å². The number of halogens is 2. The first-order valence-corrected chi connectivity index (χ1v) is 13.6. The van der Waals surface area contributed by atoms with Gasteiger partial charge >= 0.3 is 0 Å². The smallest absolute Gasteiger partial charge is 0.265 e. The highest BCUT2D eigenvalue weighted by Crippen LogP contribution is 2.34. The number of para-hydroxylation sites is 2. The zero-order chi connectivity index (χ0) is 26.5. The second kappa shape index (κ2) is 11.0. The SMILES string of the molecule is CCOc1c(F)cccc1NS(=O)(=O)c1ccc(OC)c(S(=O)(=O)Nc2cccc(F)c2OCC)c1. The van der Waals surface area contributed by atoms with Crippen LogP contribution in [0.4, 0.5) is 20.2 Å². The fourth-order valence-electron chi connectivity index (χ4n) is 3.20. The Kier molecular flexibility index (Phi) is 8.25. The Morgan fingerprint density at radius 1 is 0.750 bits per heavy atom. The first-order valence-electron chi connectivity index (χ1n) is 10.6. The molecule has 0 saturated carbocycles. The van der Waals surface area contributed by atoms with Gasteiger partial charge in [0.25, 0.3) is 20.0 Å². The highest BCUT2D eigenvalue weighted by atomic mass is 32.2. The van der Waals surface area contributed by atoms with E-state index in [1.165, 1.54) is 31.4 Å². The van der Waals surface area contributed by atoms with Gasteiger partial charge in [-0.3, -0.25) is 9.44 Å². The van der Waals surface area contributed by atoms with Crippen molar-refractivity contribution >= 4 is 31.4 Å². The van der Waals surface area contributed by atoms with E-state index in [1.807, 2.05) is 0 Å². The molecule has 0 spiro atoms. The predicted octanol–water partition coefficient (Wildman–Crippen LogP) is 4.37. The molecular weight excluding hydrogens is 518 g/mol. The summed E-state index contributed by atoms with van der Waals surface area (Å²) in [5.41, 5.74) is -0.359. The molecule has 0 unspecified atom stereocenters. The maximum Gasteiger partial charge on any atom is 0.265 e.